The van der Waals surface area contributed by atoms with Crippen molar-refractivity contribution in [2.75, 3.05) is 40.9 Å². The number of amides is 1. The number of hydrogen-bond acceptors (Lipinski definition) is 7. The molecule has 0 bridgehead atoms. The number of aromatic hydroxyl groups is 1. The quantitative estimate of drug-likeness (QED) is 0.295. The van der Waals surface area contributed by atoms with E-state index in [1.807, 2.05) is 30.4 Å². The Morgan fingerprint density at radius 3 is 2.00 bits per heavy atom. The average Bonchev–Trinajstić information content (AvgIpc) is 2.90. The highest BCUT2D eigenvalue weighted by atomic mass is 16.5. The van der Waals surface area contributed by atoms with Gasteiger partial charge in [-0.05, 0) is 59.7 Å². The maximum absolute atomic E-state index is 12.6. The van der Waals surface area contributed by atoms with Gasteiger partial charge in [-0.2, -0.15) is 0 Å². The fourth-order valence-electron chi connectivity index (χ4n) is 3.46. The van der Waals surface area contributed by atoms with Gasteiger partial charge < -0.3 is 34.1 Å². The molecule has 0 saturated carbocycles. The number of anilines is 1. The zero-order valence-corrected chi connectivity index (χ0v) is 20.8. The van der Waals surface area contributed by atoms with Crippen molar-refractivity contribution in [2.24, 2.45) is 0 Å². The second-order valence-corrected chi connectivity index (χ2v) is 7.50. The average molecular weight is 492 g/mol. The van der Waals surface area contributed by atoms with E-state index >= 15 is 0 Å². The van der Waals surface area contributed by atoms with E-state index in [1.54, 1.807) is 58.8 Å². The molecule has 2 N–H and O–H groups in total. The summed E-state index contributed by atoms with van der Waals surface area (Å²) in [5, 5.41) is 12.8. The van der Waals surface area contributed by atoms with Gasteiger partial charge in [-0.3, -0.25) is 4.79 Å². The number of methoxy groups -OCH3 is 5. The molecule has 0 aliphatic rings. The number of carbonyl (C=O) groups is 1. The van der Waals surface area contributed by atoms with Crippen LogP contribution in [0.5, 0.6) is 34.5 Å². The van der Waals surface area contributed by atoms with Crippen LogP contribution < -0.4 is 29.0 Å². The number of nitrogens with one attached hydrogen (secondary N) is 1. The van der Waals surface area contributed by atoms with Crippen LogP contribution in [-0.4, -0.2) is 46.6 Å². The molecule has 0 aliphatic heterocycles. The standard InChI is InChI=1S/C28H29NO7/c1-32-21-10-11-22(29-27(31)13-8-18-7-12-24(33-2)23(30)14-18)20(17-21)9-6-19-15-25(34-3)28(36-5)26(16-19)35-4/h6-17,30H,1-5H3,(H,29,31)/b9-6+,13-8+. The minimum Gasteiger partial charge on any atom is -0.504 e. The molecule has 0 aliphatic carbocycles. The number of hydrogen-bond donors (Lipinski definition) is 2. The Balaban J connectivity index is 1.85. The Morgan fingerprint density at radius 2 is 1.42 bits per heavy atom. The number of carbonyl (C=O) groups excluding carboxylic acids is 1. The molecule has 0 atom stereocenters. The van der Waals surface area contributed by atoms with Crippen LogP contribution in [0, 0.1) is 0 Å². The number of phenols is 1. The third kappa shape index (κ3) is 6.29. The lowest BCUT2D eigenvalue weighted by molar-refractivity contribution is -0.111. The second-order valence-electron chi connectivity index (χ2n) is 7.50. The minimum absolute atomic E-state index is 0.00516. The van der Waals surface area contributed by atoms with Gasteiger partial charge in [-0.1, -0.05) is 18.2 Å². The zero-order chi connectivity index (χ0) is 26.1. The van der Waals surface area contributed by atoms with Crippen molar-refractivity contribution >= 4 is 29.8 Å². The number of benzene rings is 3. The summed E-state index contributed by atoms with van der Waals surface area (Å²) < 4.78 is 26.6. The first-order valence-corrected chi connectivity index (χ1v) is 10.9. The lowest BCUT2D eigenvalue weighted by Crippen LogP contribution is -2.09. The highest BCUT2D eigenvalue weighted by Gasteiger charge is 2.12. The van der Waals surface area contributed by atoms with Crippen LogP contribution in [0.15, 0.2) is 54.6 Å². The summed E-state index contributed by atoms with van der Waals surface area (Å²) in [6.45, 7) is 0. The van der Waals surface area contributed by atoms with Crippen LogP contribution in [0.4, 0.5) is 5.69 Å². The summed E-state index contributed by atoms with van der Waals surface area (Å²) in [6, 6.07) is 13.9. The van der Waals surface area contributed by atoms with Gasteiger partial charge in [0.25, 0.3) is 0 Å². The lowest BCUT2D eigenvalue weighted by Gasteiger charge is -2.13. The Bertz CT molecular complexity index is 1260. The molecule has 3 rings (SSSR count). The Kier molecular flexibility index (Phi) is 8.83. The maximum atomic E-state index is 12.6. The molecule has 0 spiro atoms. The van der Waals surface area contributed by atoms with E-state index in [2.05, 4.69) is 5.32 Å². The predicted octanol–water partition coefficient (Wildman–Crippen LogP) is 5.26. The molecule has 3 aromatic rings. The molecule has 1 amide bonds. The van der Waals surface area contributed by atoms with Gasteiger partial charge in [0.05, 0.1) is 35.5 Å². The monoisotopic (exact) mass is 491 g/mol. The smallest absolute Gasteiger partial charge is 0.248 e. The molecule has 0 heterocycles. The van der Waals surface area contributed by atoms with E-state index in [-0.39, 0.29) is 11.7 Å². The van der Waals surface area contributed by atoms with E-state index in [1.165, 1.54) is 19.3 Å². The Labute approximate surface area is 210 Å². The highest BCUT2D eigenvalue weighted by Crippen LogP contribution is 2.39. The maximum Gasteiger partial charge on any atom is 0.248 e. The summed E-state index contributed by atoms with van der Waals surface area (Å²) in [6.07, 6.45) is 6.70. The molecule has 36 heavy (non-hydrogen) atoms. The topological polar surface area (TPSA) is 95.5 Å². The van der Waals surface area contributed by atoms with Gasteiger partial charge in [-0.15, -0.1) is 0 Å². The fourth-order valence-corrected chi connectivity index (χ4v) is 3.46. The zero-order valence-electron chi connectivity index (χ0n) is 20.8. The number of rotatable bonds is 10. The first kappa shape index (κ1) is 26.0. The molecule has 188 valence electrons. The first-order valence-electron chi connectivity index (χ1n) is 10.9. The van der Waals surface area contributed by atoms with Crippen LogP contribution in [0.25, 0.3) is 18.2 Å². The third-order valence-electron chi connectivity index (χ3n) is 5.29. The van der Waals surface area contributed by atoms with Gasteiger partial charge in [-0.25, -0.2) is 0 Å². The molecule has 0 fully saturated rings. The SMILES string of the molecule is COc1ccc(NC(=O)/C=C/c2ccc(OC)c(O)c2)c(/C=C/c2cc(OC)c(OC)c(OC)c2)c1. The highest BCUT2D eigenvalue weighted by molar-refractivity contribution is 6.03. The van der Waals surface area contributed by atoms with Crippen LogP contribution in [-0.2, 0) is 4.79 Å². The van der Waals surface area contributed by atoms with E-state index in [0.29, 0.717) is 40.0 Å². The van der Waals surface area contributed by atoms with Crippen molar-refractivity contribution in [1.29, 1.82) is 0 Å². The van der Waals surface area contributed by atoms with Crippen molar-refractivity contribution in [2.45, 2.75) is 0 Å². The largest absolute Gasteiger partial charge is 0.504 e. The molecule has 0 saturated heterocycles. The van der Waals surface area contributed by atoms with Crippen LogP contribution in [0.1, 0.15) is 16.7 Å². The molecule has 0 unspecified atom stereocenters. The van der Waals surface area contributed by atoms with Crippen molar-refractivity contribution in [1.82, 2.24) is 0 Å². The molecule has 0 radical (unpaired) electrons. The number of phenolic OH excluding ortho intramolecular Hbond substituents is 1. The van der Waals surface area contributed by atoms with Crippen LogP contribution >= 0.6 is 0 Å². The van der Waals surface area contributed by atoms with Gasteiger partial charge in [0.15, 0.2) is 23.0 Å². The van der Waals surface area contributed by atoms with Crippen molar-refractivity contribution in [3.63, 3.8) is 0 Å². The number of ether oxygens (including phenoxy) is 5. The predicted molar refractivity (Wildman–Crippen MR) is 140 cm³/mol. The minimum atomic E-state index is -0.335. The summed E-state index contributed by atoms with van der Waals surface area (Å²) in [4.78, 5) is 12.6. The molecule has 8 nitrogen and oxygen atoms in total. The van der Waals surface area contributed by atoms with E-state index in [4.69, 9.17) is 23.7 Å². The van der Waals surface area contributed by atoms with Gasteiger partial charge in [0.2, 0.25) is 11.7 Å². The van der Waals surface area contributed by atoms with Crippen molar-refractivity contribution in [3.8, 4) is 34.5 Å². The molecule has 8 heteroatoms. The second kappa shape index (κ2) is 12.2. The fraction of sp³-hybridized carbons (Fsp3) is 0.179. The summed E-state index contributed by atoms with van der Waals surface area (Å²) in [5.74, 6) is 2.23. The van der Waals surface area contributed by atoms with Gasteiger partial charge >= 0.3 is 0 Å². The third-order valence-corrected chi connectivity index (χ3v) is 5.29. The molecular formula is C28H29NO7. The van der Waals surface area contributed by atoms with Crippen LogP contribution in [0.3, 0.4) is 0 Å². The Hall–Kier alpha value is -4.59. The normalized spacial score (nSPS) is 10.9. The van der Waals surface area contributed by atoms with Gasteiger partial charge in [0.1, 0.15) is 5.75 Å². The molecule has 3 aromatic carbocycles. The lowest BCUT2D eigenvalue weighted by atomic mass is 10.1. The van der Waals surface area contributed by atoms with E-state index in [0.717, 1.165) is 11.1 Å². The molecule has 0 aromatic heterocycles. The molecular weight excluding hydrogens is 462 g/mol. The summed E-state index contributed by atoms with van der Waals surface area (Å²) >= 11 is 0. The summed E-state index contributed by atoms with van der Waals surface area (Å²) in [5.41, 5.74) is 2.78. The van der Waals surface area contributed by atoms with Crippen LogP contribution in [0.2, 0.25) is 0 Å². The summed E-state index contributed by atoms with van der Waals surface area (Å²) in [7, 11) is 7.71. The van der Waals surface area contributed by atoms with Crippen molar-refractivity contribution < 1.29 is 33.6 Å². The van der Waals surface area contributed by atoms with Gasteiger partial charge in [0, 0.05) is 17.3 Å². The van der Waals surface area contributed by atoms with E-state index in [9.17, 15) is 9.90 Å². The first-order chi connectivity index (χ1) is 17.4. The Morgan fingerprint density at radius 1 is 0.722 bits per heavy atom. The van der Waals surface area contributed by atoms with Crippen molar-refractivity contribution in [3.05, 3.63) is 71.3 Å². The van der Waals surface area contributed by atoms with E-state index < -0.39 is 0 Å².